The summed E-state index contributed by atoms with van der Waals surface area (Å²) in [5.74, 6) is 0.529. The van der Waals surface area contributed by atoms with Gasteiger partial charge in [-0.2, -0.15) is 13.2 Å². The van der Waals surface area contributed by atoms with Gasteiger partial charge < -0.3 is 10.6 Å². The minimum atomic E-state index is -4.42. The van der Waals surface area contributed by atoms with E-state index in [0.29, 0.717) is 30.4 Å². The largest absolute Gasteiger partial charge is 0.434 e. The highest BCUT2D eigenvalue weighted by molar-refractivity contribution is 14.0. The van der Waals surface area contributed by atoms with Crippen LogP contribution < -0.4 is 10.6 Å². The van der Waals surface area contributed by atoms with Gasteiger partial charge in [-0.25, -0.2) is 13.4 Å². The fraction of sp³-hybridized carbons (Fsp3) is 0.692. The van der Waals surface area contributed by atoms with Crippen LogP contribution >= 0.6 is 35.3 Å². The number of sulfone groups is 1. The second kappa shape index (κ2) is 10.5. The van der Waals surface area contributed by atoms with Gasteiger partial charge in [0.1, 0.15) is 9.84 Å². The fourth-order valence-corrected chi connectivity index (χ4v) is 3.32. The highest BCUT2D eigenvalue weighted by Crippen LogP contribution is 2.29. The van der Waals surface area contributed by atoms with Gasteiger partial charge in [-0.15, -0.1) is 35.3 Å². The minimum absolute atomic E-state index is 0. The zero-order valence-corrected chi connectivity index (χ0v) is 18.0. The molecule has 1 rings (SSSR count). The summed E-state index contributed by atoms with van der Waals surface area (Å²) < 4.78 is 59.7. The Kier molecular flexibility index (Phi) is 10.2. The van der Waals surface area contributed by atoms with Gasteiger partial charge in [0.2, 0.25) is 0 Å². The second-order valence-electron chi connectivity index (χ2n) is 5.34. The zero-order valence-electron chi connectivity index (χ0n) is 14.1. The normalized spacial score (nSPS) is 13.9. The molecular formula is C13H22F3IN4O2S2. The molecule has 0 radical (unpaired) electrons. The van der Waals surface area contributed by atoms with E-state index in [-0.39, 0.29) is 35.8 Å². The Labute approximate surface area is 166 Å². The predicted octanol–water partition coefficient (Wildman–Crippen LogP) is 2.31. The summed E-state index contributed by atoms with van der Waals surface area (Å²) in [6.45, 7) is 2.19. The lowest BCUT2D eigenvalue weighted by Gasteiger charge is -2.17. The Morgan fingerprint density at radius 3 is 2.56 bits per heavy atom. The molecule has 0 aliphatic heterocycles. The number of thiazole rings is 1. The van der Waals surface area contributed by atoms with Gasteiger partial charge in [0, 0.05) is 37.7 Å². The number of guanidine groups is 1. The maximum atomic E-state index is 12.5. The van der Waals surface area contributed by atoms with Crippen molar-refractivity contribution in [2.75, 3.05) is 25.6 Å². The van der Waals surface area contributed by atoms with Crippen molar-refractivity contribution in [2.45, 2.75) is 32.0 Å². The number of aliphatic imine (C=N–C) groups is 1. The van der Waals surface area contributed by atoms with Crippen LogP contribution in [-0.4, -0.2) is 51.0 Å². The molecule has 1 aromatic rings. The summed E-state index contributed by atoms with van der Waals surface area (Å²) >= 11 is 0.962. The predicted molar refractivity (Wildman–Crippen MR) is 105 cm³/mol. The molecule has 2 N–H and O–H groups in total. The Balaban J connectivity index is 0.00000576. The Morgan fingerprint density at radius 2 is 2.08 bits per heavy atom. The van der Waals surface area contributed by atoms with Crippen LogP contribution in [0.3, 0.4) is 0 Å². The standard InChI is InChI=1S/C13H21F3N4O2S2.HI/c1-9(5-7-24(3,21)22)19-12(17-2)18-6-4-11-20-10(8-23-11)13(14,15)16;/h8-9H,4-7H2,1-3H3,(H2,17,18,19);1H. The first kappa shape index (κ1) is 24.4. The van der Waals surface area contributed by atoms with E-state index in [1.165, 1.54) is 6.26 Å². The van der Waals surface area contributed by atoms with Crippen LogP contribution in [0.2, 0.25) is 0 Å². The van der Waals surface area contributed by atoms with Crippen molar-refractivity contribution in [1.82, 2.24) is 15.6 Å². The number of rotatable bonds is 7. The van der Waals surface area contributed by atoms with E-state index in [1.807, 2.05) is 6.92 Å². The third-order valence-electron chi connectivity index (χ3n) is 3.00. The van der Waals surface area contributed by atoms with E-state index >= 15 is 0 Å². The van der Waals surface area contributed by atoms with Crippen molar-refractivity contribution < 1.29 is 21.6 Å². The number of nitrogens with zero attached hydrogens (tertiary/aromatic N) is 2. The third-order valence-corrected chi connectivity index (χ3v) is 4.89. The van der Waals surface area contributed by atoms with Crippen molar-refractivity contribution in [1.29, 1.82) is 0 Å². The molecule has 0 spiro atoms. The van der Waals surface area contributed by atoms with E-state index in [0.717, 1.165) is 16.7 Å². The number of halogens is 4. The van der Waals surface area contributed by atoms with Gasteiger partial charge in [-0.1, -0.05) is 0 Å². The molecule has 0 aliphatic carbocycles. The summed E-state index contributed by atoms with van der Waals surface area (Å²) in [7, 11) is -1.46. The summed E-state index contributed by atoms with van der Waals surface area (Å²) in [4.78, 5) is 7.54. The van der Waals surface area contributed by atoms with Gasteiger partial charge in [-0.05, 0) is 13.3 Å². The van der Waals surface area contributed by atoms with Gasteiger partial charge in [-0.3, -0.25) is 4.99 Å². The molecule has 6 nitrogen and oxygen atoms in total. The molecule has 0 saturated carbocycles. The van der Waals surface area contributed by atoms with Crippen molar-refractivity contribution in [3.05, 3.63) is 16.1 Å². The first-order valence-corrected chi connectivity index (χ1v) is 10.1. The number of alkyl halides is 3. The van der Waals surface area contributed by atoms with E-state index < -0.39 is 21.7 Å². The molecule has 0 fully saturated rings. The lowest BCUT2D eigenvalue weighted by atomic mass is 10.3. The van der Waals surface area contributed by atoms with Gasteiger partial charge >= 0.3 is 6.18 Å². The average molecular weight is 514 g/mol. The topological polar surface area (TPSA) is 83.4 Å². The van der Waals surface area contributed by atoms with Gasteiger partial charge in [0.25, 0.3) is 0 Å². The quantitative estimate of drug-likeness (QED) is 0.332. The maximum absolute atomic E-state index is 12.5. The van der Waals surface area contributed by atoms with Crippen LogP contribution in [0, 0.1) is 0 Å². The summed E-state index contributed by atoms with van der Waals surface area (Å²) in [5.41, 5.74) is -0.876. The summed E-state index contributed by atoms with van der Waals surface area (Å²) in [6.07, 6.45) is -2.48. The van der Waals surface area contributed by atoms with Crippen molar-refractivity contribution in [2.24, 2.45) is 4.99 Å². The Morgan fingerprint density at radius 1 is 1.44 bits per heavy atom. The van der Waals surface area contributed by atoms with Crippen LogP contribution in [0.4, 0.5) is 13.2 Å². The molecule has 12 heteroatoms. The van der Waals surface area contributed by atoms with Crippen molar-refractivity contribution in [3.63, 3.8) is 0 Å². The first-order valence-electron chi connectivity index (χ1n) is 7.18. The SMILES string of the molecule is CN=C(NCCc1nc(C(F)(F)F)cs1)NC(C)CCS(C)(=O)=O.I. The molecule has 0 aromatic carbocycles. The average Bonchev–Trinajstić information content (AvgIpc) is 2.92. The number of hydrogen-bond donors (Lipinski definition) is 2. The molecule has 0 bridgehead atoms. The first-order chi connectivity index (χ1) is 11.0. The third kappa shape index (κ3) is 10.2. The zero-order chi connectivity index (χ0) is 18.4. The number of nitrogens with one attached hydrogen (secondary N) is 2. The van der Waals surface area contributed by atoms with E-state index in [2.05, 4.69) is 20.6 Å². The highest BCUT2D eigenvalue weighted by atomic mass is 127. The van der Waals surface area contributed by atoms with Crippen molar-refractivity contribution >= 4 is 51.1 Å². The van der Waals surface area contributed by atoms with E-state index in [4.69, 9.17) is 0 Å². The molecule has 1 unspecified atom stereocenters. The Bertz CT molecular complexity index is 662. The summed E-state index contributed by atoms with van der Waals surface area (Å²) in [5, 5.41) is 7.38. The monoisotopic (exact) mass is 514 g/mol. The molecule has 0 aliphatic rings. The van der Waals surface area contributed by atoms with Crippen LogP contribution in [-0.2, 0) is 22.4 Å². The lowest BCUT2D eigenvalue weighted by Crippen LogP contribution is -2.43. The second-order valence-corrected chi connectivity index (χ2v) is 8.54. The fourth-order valence-electron chi connectivity index (χ4n) is 1.73. The lowest BCUT2D eigenvalue weighted by molar-refractivity contribution is -0.140. The van der Waals surface area contributed by atoms with E-state index in [9.17, 15) is 21.6 Å². The van der Waals surface area contributed by atoms with Gasteiger partial charge in [0.05, 0.1) is 10.8 Å². The highest BCUT2D eigenvalue weighted by Gasteiger charge is 2.33. The smallest absolute Gasteiger partial charge is 0.356 e. The van der Waals surface area contributed by atoms with E-state index in [1.54, 1.807) is 7.05 Å². The molecule has 0 saturated heterocycles. The minimum Gasteiger partial charge on any atom is -0.356 e. The molecule has 146 valence electrons. The maximum Gasteiger partial charge on any atom is 0.434 e. The van der Waals surface area contributed by atoms with Crippen LogP contribution in [0.1, 0.15) is 24.0 Å². The number of hydrogen-bond acceptors (Lipinski definition) is 5. The van der Waals surface area contributed by atoms with Crippen molar-refractivity contribution in [3.8, 4) is 0 Å². The van der Waals surface area contributed by atoms with Gasteiger partial charge in [0.15, 0.2) is 11.7 Å². The molecular weight excluding hydrogens is 492 g/mol. The Hall–Kier alpha value is -0.630. The molecule has 1 heterocycles. The molecule has 1 atom stereocenters. The van der Waals surface area contributed by atoms with Crippen LogP contribution in [0.25, 0.3) is 0 Å². The van der Waals surface area contributed by atoms with Crippen LogP contribution in [0.5, 0.6) is 0 Å². The van der Waals surface area contributed by atoms with Crippen LogP contribution in [0.15, 0.2) is 10.4 Å². The molecule has 25 heavy (non-hydrogen) atoms. The summed E-state index contributed by atoms with van der Waals surface area (Å²) in [6, 6.07) is -0.109. The molecule has 1 aromatic heterocycles. The molecule has 0 amide bonds. The number of aromatic nitrogens is 1.